The molecular formula is C14H16F6O7. The van der Waals surface area contributed by atoms with Gasteiger partial charge in [-0.25, -0.2) is 0 Å². The molecule has 27 heavy (non-hydrogen) atoms. The highest BCUT2D eigenvalue weighted by atomic mass is 19.4. The summed E-state index contributed by atoms with van der Waals surface area (Å²) in [5.74, 6) is -17.4. The molecule has 156 valence electrons. The van der Waals surface area contributed by atoms with Crippen LogP contribution in [0.1, 0.15) is 26.7 Å². The first-order chi connectivity index (χ1) is 12.0. The molecule has 4 unspecified atom stereocenters. The number of carbonyl (C=O) groups is 4. The molecule has 4 atom stereocenters. The summed E-state index contributed by atoms with van der Waals surface area (Å²) in [5, 5.41) is 17.0. The molecule has 0 aliphatic rings. The maximum absolute atomic E-state index is 12.8. The van der Waals surface area contributed by atoms with E-state index in [1.54, 1.807) is 0 Å². The number of alkyl halides is 6. The van der Waals surface area contributed by atoms with Crippen molar-refractivity contribution in [2.45, 2.75) is 39.0 Å². The summed E-state index contributed by atoms with van der Waals surface area (Å²) in [6, 6.07) is 0. The SMILES string of the molecule is CC(C(=O)OC(=O)C(C)C(CC(=O)O)C(F)(F)F)C(CC(=O)O)C(F)(F)F. The normalized spacial score (nSPS) is 16.7. The first-order valence-corrected chi connectivity index (χ1v) is 7.31. The number of esters is 2. The van der Waals surface area contributed by atoms with Crippen LogP contribution in [-0.4, -0.2) is 46.4 Å². The Hall–Kier alpha value is -2.34. The van der Waals surface area contributed by atoms with Crippen LogP contribution in [-0.2, 0) is 23.9 Å². The first-order valence-electron chi connectivity index (χ1n) is 7.31. The quantitative estimate of drug-likeness (QED) is 0.359. The van der Waals surface area contributed by atoms with Crippen LogP contribution in [0.5, 0.6) is 0 Å². The molecule has 0 aromatic heterocycles. The van der Waals surface area contributed by atoms with Crippen LogP contribution in [0.25, 0.3) is 0 Å². The second kappa shape index (κ2) is 9.04. The number of ether oxygens (including phenoxy) is 1. The Bertz CT molecular complexity index is 533. The van der Waals surface area contributed by atoms with Gasteiger partial charge in [0.05, 0.1) is 36.5 Å². The molecular weight excluding hydrogens is 394 g/mol. The zero-order valence-corrected chi connectivity index (χ0v) is 13.9. The molecule has 0 aliphatic heterocycles. The maximum Gasteiger partial charge on any atom is 0.393 e. The van der Waals surface area contributed by atoms with E-state index in [0.29, 0.717) is 13.8 Å². The largest absolute Gasteiger partial charge is 0.481 e. The van der Waals surface area contributed by atoms with Crippen LogP contribution >= 0.6 is 0 Å². The molecule has 0 heterocycles. The summed E-state index contributed by atoms with van der Waals surface area (Å²) in [4.78, 5) is 44.4. The standard InChI is InChI=1S/C14H16F6O7/c1-5(7(3-9(21)22)13(15,16)17)11(25)27-12(26)6(2)8(4-10(23)24)14(18,19)20/h5-8H,3-4H2,1-2H3,(H,21,22)(H,23,24). The van der Waals surface area contributed by atoms with Gasteiger partial charge in [-0.1, -0.05) is 13.8 Å². The molecule has 0 saturated heterocycles. The molecule has 0 aromatic carbocycles. The number of halogens is 6. The van der Waals surface area contributed by atoms with Crippen molar-refractivity contribution < 1.29 is 60.5 Å². The fourth-order valence-electron chi connectivity index (χ4n) is 2.14. The Kier molecular flexibility index (Phi) is 8.26. The summed E-state index contributed by atoms with van der Waals surface area (Å²) in [5.41, 5.74) is 0. The summed E-state index contributed by atoms with van der Waals surface area (Å²) < 4.78 is 81.1. The number of hydrogen-bond donors (Lipinski definition) is 2. The minimum Gasteiger partial charge on any atom is -0.481 e. The highest BCUT2D eigenvalue weighted by Gasteiger charge is 2.50. The van der Waals surface area contributed by atoms with Crippen LogP contribution in [0.4, 0.5) is 26.3 Å². The number of carboxylic acid groups (broad SMARTS) is 2. The highest BCUT2D eigenvalue weighted by Crippen LogP contribution is 2.37. The Morgan fingerprint density at radius 2 is 1.00 bits per heavy atom. The zero-order valence-electron chi connectivity index (χ0n) is 13.9. The third-order valence-corrected chi connectivity index (χ3v) is 3.78. The second-order valence-corrected chi connectivity index (χ2v) is 5.81. The lowest BCUT2D eigenvalue weighted by Crippen LogP contribution is -2.39. The Balaban J connectivity index is 5.32. The Morgan fingerprint density at radius 1 is 0.741 bits per heavy atom. The molecule has 0 amide bonds. The lowest BCUT2D eigenvalue weighted by atomic mass is 9.89. The lowest BCUT2D eigenvalue weighted by Gasteiger charge is -2.26. The van der Waals surface area contributed by atoms with Crippen molar-refractivity contribution in [1.82, 2.24) is 0 Å². The third kappa shape index (κ3) is 7.83. The van der Waals surface area contributed by atoms with Gasteiger partial charge in [-0.2, -0.15) is 26.3 Å². The van der Waals surface area contributed by atoms with Gasteiger partial charge in [-0.15, -0.1) is 0 Å². The van der Waals surface area contributed by atoms with E-state index in [2.05, 4.69) is 4.74 Å². The van der Waals surface area contributed by atoms with Crippen LogP contribution < -0.4 is 0 Å². The fraction of sp³-hybridized carbons (Fsp3) is 0.714. The van der Waals surface area contributed by atoms with E-state index in [1.165, 1.54) is 0 Å². The fourth-order valence-corrected chi connectivity index (χ4v) is 2.14. The first kappa shape index (κ1) is 24.7. The molecule has 0 spiro atoms. The average molecular weight is 410 g/mol. The monoisotopic (exact) mass is 410 g/mol. The van der Waals surface area contributed by atoms with Gasteiger partial charge in [-0.05, 0) is 0 Å². The van der Waals surface area contributed by atoms with E-state index < -0.39 is 72.7 Å². The van der Waals surface area contributed by atoms with E-state index in [1.807, 2.05) is 0 Å². The molecule has 0 bridgehead atoms. The molecule has 0 rings (SSSR count). The molecule has 0 fully saturated rings. The van der Waals surface area contributed by atoms with Gasteiger partial charge in [0, 0.05) is 0 Å². The van der Waals surface area contributed by atoms with Gasteiger partial charge in [0.25, 0.3) is 0 Å². The van der Waals surface area contributed by atoms with Crippen molar-refractivity contribution in [3.63, 3.8) is 0 Å². The Labute approximate surface area is 148 Å². The zero-order chi connectivity index (χ0) is 21.7. The number of carbonyl (C=O) groups excluding carboxylic acids is 2. The number of hydrogen-bond acceptors (Lipinski definition) is 5. The molecule has 0 aliphatic carbocycles. The van der Waals surface area contributed by atoms with Gasteiger partial charge < -0.3 is 14.9 Å². The summed E-state index contributed by atoms with van der Waals surface area (Å²) in [6.07, 6.45) is -13.3. The number of aliphatic carboxylic acids is 2. The van der Waals surface area contributed by atoms with Crippen molar-refractivity contribution >= 4 is 23.9 Å². The van der Waals surface area contributed by atoms with E-state index in [-0.39, 0.29) is 0 Å². The highest BCUT2D eigenvalue weighted by molar-refractivity contribution is 5.88. The topological polar surface area (TPSA) is 118 Å². The molecule has 0 saturated carbocycles. The van der Waals surface area contributed by atoms with Crippen molar-refractivity contribution in [3.8, 4) is 0 Å². The number of rotatable bonds is 8. The van der Waals surface area contributed by atoms with Crippen LogP contribution in [0, 0.1) is 23.7 Å². The summed E-state index contributed by atoms with van der Waals surface area (Å²) in [6.45, 7) is 1.22. The van der Waals surface area contributed by atoms with E-state index >= 15 is 0 Å². The number of carboxylic acids is 2. The minimum atomic E-state index is -5.15. The van der Waals surface area contributed by atoms with Gasteiger partial charge in [-0.3, -0.25) is 19.2 Å². The van der Waals surface area contributed by atoms with E-state index in [9.17, 15) is 45.5 Å². The van der Waals surface area contributed by atoms with E-state index in [4.69, 9.17) is 10.2 Å². The van der Waals surface area contributed by atoms with Crippen LogP contribution in [0.15, 0.2) is 0 Å². The van der Waals surface area contributed by atoms with Crippen LogP contribution in [0.3, 0.4) is 0 Å². The van der Waals surface area contributed by atoms with Crippen molar-refractivity contribution in [2.75, 3.05) is 0 Å². The molecule has 7 nitrogen and oxygen atoms in total. The summed E-state index contributed by atoms with van der Waals surface area (Å²) in [7, 11) is 0. The smallest absolute Gasteiger partial charge is 0.393 e. The Morgan fingerprint density at radius 3 is 1.19 bits per heavy atom. The molecule has 2 N–H and O–H groups in total. The van der Waals surface area contributed by atoms with Gasteiger partial charge in [0.2, 0.25) is 0 Å². The molecule has 0 aromatic rings. The predicted octanol–water partition coefficient (Wildman–Crippen LogP) is 2.63. The van der Waals surface area contributed by atoms with Gasteiger partial charge in [0.15, 0.2) is 0 Å². The van der Waals surface area contributed by atoms with Gasteiger partial charge in [0.1, 0.15) is 0 Å². The maximum atomic E-state index is 12.8. The molecule has 13 heteroatoms. The average Bonchev–Trinajstić information content (AvgIpc) is 2.46. The minimum absolute atomic E-state index is 0.611. The predicted molar refractivity (Wildman–Crippen MR) is 73.0 cm³/mol. The third-order valence-electron chi connectivity index (χ3n) is 3.78. The van der Waals surface area contributed by atoms with Crippen molar-refractivity contribution in [1.29, 1.82) is 0 Å². The van der Waals surface area contributed by atoms with Crippen LogP contribution in [0.2, 0.25) is 0 Å². The van der Waals surface area contributed by atoms with Gasteiger partial charge >= 0.3 is 36.2 Å². The molecule has 0 radical (unpaired) electrons. The van der Waals surface area contributed by atoms with E-state index in [0.717, 1.165) is 0 Å². The van der Waals surface area contributed by atoms with Crippen molar-refractivity contribution in [2.24, 2.45) is 23.7 Å². The van der Waals surface area contributed by atoms with Crippen molar-refractivity contribution in [3.05, 3.63) is 0 Å². The lowest BCUT2D eigenvalue weighted by molar-refractivity contribution is -0.208. The summed E-state index contributed by atoms with van der Waals surface area (Å²) >= 11 is 0. The second-order valence-electron chi connectivity index (χ2n) is 5.81.